The predicted molar refractivity (Wildman–Crippen MR) is 86.1 cm³/mol. The van der Waals surface area contributed by atoms with Crippen LogP contribution in [0.5, 0.6) is 0 Å². The first-order valence-corrected chi connectivity index (χ1v) is 8.89. The van der Waals surface area contributed by atoms with Crippen LogP contribution in [0.2, 0.25) is 0 Å². The molecule has 1 amide bonds. The van der Waals surface area contributed by atoms with Gasteiger partial charge in [-0.25, -0.2) is 0 Å². The van der Waals surface area contributed by atoms with Crippen LogP contribution in [0.15, 0.2) is 24.3 Å². The minimum Gasteiger partial charge on any atom is -0.349 e. The third-order valence-electron chi connectivity index (χ3n) is 4.00. The molecule has 1 aliphatic carbocycles. The highest BCUT2D eigenvalue weighted by Gasteiger charge is 2.33. The van der Waals surface area contributed by atoms with Gasteiger partial charge < -0.3 is 5.32 Å². The number of rotatable bonds is 5. The van der Waals surface area contributed by atoms with Crippen LogP contribution in [0.25, 0.3) is 0 Å². The van der Waals surface area contributed by atoms with Gasteiger partial charge in [-0.3, -0.25) is 4.79 Å². The van der Waals surface area contributed by atoms with Gasteiger partial charge in [0.15, 0.2) is 0 Å². The standard InChI is InChI=1S/C15H19Br2NO/c1-2-15(9-16,10-17)18-14(19)13-7-11-5-3-4-6-12(11)8-13/h3-6,13H,2,7-10H2,1H3,(H,18,19). The van der Waals surface area contributed by atoms with Crippen molar-refractivity contribution < 1.29 is 4.79 Å². The first-order chi connectivity index (χ1) is 9.14. The lowest BCUT2D eigenvalue weighted by molar-refractivity contribution is -0.126. The Morgan fingerprint density at radius 1 is 1.26 bits per heavy atom. The largest absolute Gasteiger partial charge is 0.349 e. The second-order valence-corrected chi connectivity index (χ2v) is 6.39. The van der Waals surface area contributed by atoms with Crippen LogP contribution in [-0.2, 0) is 17.6 Å². The molecule has 0 aromatic heterocycles. The van der Waals surface area contributed by atoms with E-state index in [0.29, 0.717) is 0 Å². The second kappa shape index (κ2) is 6.40. The highest BCUT2D eigenvalue weighted by molar-refractivity contribution is 9.09. The molecule has 1 N–H and O–H groups in total. The van der Waals surface area contributed by atoms with Crippen molar-refractivity contribution >= 4 is 37.8 Å². The van der Waals surface area contributed by atoms with E-state index >= 15 is 0 Å². The summed E-state index contributed by atoms with van der Waals surface area (Å²) in [5.41, 5.74) is 2.47. The van der Waals surface area contributed by atoms with Crippen LogP contribution in [0.3, 0.4) is 0 Å². The Morgan fingerprint density at radius 2 is 1.79 bits per heavy atom. The van der Waals surface area contributed by atoms with E-state index in [1.807, 2.05) is 12.1 Å². The molecule has 0 radical (unpaired) electrons. The number of halogens is 2. The molecule has 0 heterocycles. The third-order valence-corrected chi connectivity index (χ3v) is 6.15. The maximum absolute atomic E-state index is 12.5. The van der Waals surface area contributed by atoms with E-state index in [9.17, 15) is 4.79 Å². The predicted octanol–water partition coefficient (Wildman–Crippen LogP) is 3.46. The quantitative estimate of drug-likeness (QED) is 0.769. The molecule has 104 valence electrons. The van der Waals surface area contributed by atoms with Gasteiger partial charge in [-0.1, -0.05) is 63.0 Å². The van der Waals surface area contributed by atoms with E-state index in [0.717, 1.165) is 29.9 Å². The van der Waals surface area contributed by atoms with Gasteiger partial charge in [-0.05, 0) is 30.4 Å². The third kappa shape index (κ3) is 3.22. The Morgan fingerprint density at radius 3 is 2.21 bits per heavy atom. The van der Waals surface area contributed by atoms with Gasteiger partial charge in [0.05, 0.1) is 5.54 Å². The smallest absolute Gasteiger partial charge is 0.224 e. The summed E-state index contributed by atoms with van der Waals surface area (Å²) in [6.07, 6.45) is 2.65. The Balaban J connectivity index is 2.03. The normalized spacial score (nSPS) is 15.3. The van der Waals surface area contributed by atoms with Crippen molar-refractivity contribution in [2.24, 2.45) is 5.92 Å². The molecule has 19 heavy (non-hydrogen) atoms. The number of carbonyl (C=O) groups is 1. The summed E-state index contributed by atoms with van der Waals surface area (Å²) in [6.45, 7) is 2.10. The van der Waals surface area contributed by atoms with Gasteiger partial charge in [-0.2, -0.15) is 0 Å². The number of hydrogen-bond donors (Lipinski definition) is 1. The fraction of sp³-hybridized carbons (Fsp3) is 0.533. The van der Waals surface area contributed by atoms with Gasteiger partial charge in [0.25, 0.3) is 0 Å². The highest BCUT2D eigenvalue weighted by atomic mass is 79.9. The topological polar surface area (TPSA) is 29.1 Å². The van der Waals surface area contributed by atoms with Crippen molar-refractivity contribution in [1.29, 1.82) is 0 Å². The summed E-state index contributed by atoms with van der Waals surface area (Å²) < 4.78 is 0. The molecule has 1 aromatic carbocycles. The van der Waals surface area contributed by atoms with Crippen LogP contribution in [0.1, 0.15) is 24.5 Å². The molecule has 1 aromatic rings. The van der Waals surface area contributed by atoms with Crippen LogP contribution in [0, 0.1) is 5.92 Å². The molecule has 0 saturated carbocycles. The van der Waals surface area contributed by atoms with E-state index in [-0.39, 0.29) is 17.4 Å². The summed E-state index contributed by atoms with van der Waals surface area (Å²) in [4.78, 5) is 12.5. The Kier molecular flexibility index (Phi) is 5.07. The van der Waals surface area contributed by atoms with E-state index in [2.05, 4.69) is 56.2 Å². The molecule has 0 unspecified atom stereocenters. The van der Waals surface area contributed by atoms with Gasteiger partial charge in [0.2, 0.25) is 5.91 Å². The molecule has 0 spiro atoms. The van der Waals surface area contributed by atoms with E-state index < -0.39 is 0 Å². The fourth-order valence-corrected chi connectivity index (χ4v) is 4.49. The zero-order valence-electron chi connectivity index (χ0n) is 11.1. The minimum absolute atomic E-state index is 0.0847. The Bertz CT molecular complexity index is 424. The molecule has 2 rings (SSSR count). The lowest BCUT2D eigenvalue weighted by atomic mass is 9.98. The van der Waals surface area contributed by atoms with Gasteiger partial charge >= 0.3 is 0 Å². The average Bonchev–Trinajstić information content (AvgIpc) is 2.89. The molecule has 0 aliphatic heterocycles. The molecule has 0 saturated heterocycles. The van der Waals surface area contributed by atoms with Gasteiger partial charge in [-0.15, -0.1) is 0 Å². The SMILES string of the molecule is CCC(CBr)(CBr)NC(=O)C1Cc2ccccc2C1. The number of alkyl halides is 2. The van der Waals surface area contributed by atoms with Crippen molar-refractivity contribution in [3.8, 4) is 0 Å². The van der Waals surface area contributed by atoms with Crippen LogP contribution < -0.4 is 5.32 Å². The molecule has 4 heteroatoms. The van der Waals surface area contributed by atoms with Crippen LogP contribution >= 0.6 is 31.9 Å². The van der Waals surface area contributed by atoms with Crippen LogP contribution in [0.4, 0.5) is 0 Å². The molecule has 0 bridgehead atoms. The monoisotopic (exact) mass is 387 g/mol. The van der Waals surface area contributed by atoms with Crippen LogP contribution in [-0.4, -0.2) is 22.1 Å². The summed E-state index contributed by atoms with van der Waals surface area (Å²) in [7, 11) is 0. The summed E-state index contributed by atoms with van der Waals surface area (Å²) >= 11 is 7.03. The first-order valence-electron chi connectivity index (χ1n) is 6.65. The zero-order valence-corrected chi connectivity index (χ0v) is 14.3. The molecule has 1 aliphatic rings. The fourth-order valence-electron chi connectivity index (χ4n) is 2.49. The number of fused-ring (bicyclic) bond motifs is 1. The first kappa shape index (κ1) is 15.0. The lowest BCUT2D eigenvalue weighted by Gasteiger charge is -2.31. The van der Waals surface area contributed by atoms with E-state index in [1.54, 1.807) is 0 Å². The number of nitrogens with one attached hydrogen (secondary N) is 1. The minimum atomic E-state index is -0.175. The molecule has 2 nitrogen and oxygen atoms in total. The van der Waals surface area contributed by atoms with Crippen molar-refractivity contribution in [3.05, 3.63) is 35.4 Å². The number of benzene rings is 1. The lowest BCUT2D eigenvalue weighted by Crippen LogP contribution is -2.53. The number of amides is 1. The van der Waals surface area contributed by atoms with Crippen molar-refractivity contribution in [2.75, 3.05) is 10.7 Å². The Hall–Kier alpha value is -0.350. The van der Waals surface area contributed by atoms with Gasteiger partial charge in [0.1, 0.15) is 0 Å². The summed E-state index contributed by atoms with van der Waals surface area (Å²) in [5.74, 6) is 0.262. The van der Waals surface area contributed by atoms with E-state index in [1.165, 1.54) is 11.1 Å². The van der Waals surface area contributed by atoms with Gasteiger partial charge in [0, 0.05) is 16.6 Å². The second-order valence-electron chi connectivity index (χ2n) is 5.26. The Labute approximate surface area is 131 Å². The highest BCUT2D eigenvalue weighted by Crippen LogP contribution is 2.27. The average molecular weight is 389 g/mol. The molecular formula is C15H19Br2NO. The summed E-state index contributed by atoms with van der Waals surface area (Å²) in [5, 5.41) is 4.77. The summed E-state index contributed by atoms with van der Waals surface area (Å²) in [6, 6.07) is 8.36. The van der Waals surface area contributed by atoms with Crippen molar-refractivity contribution in [2.45, 2.75) is 31.7 Å². The molecule has 0 atom stereocenters. The maximum Gasteiger partial charge on any atom is 0.224 e. The number of hydrogen-bond acceptors (Lipinski definition) is 1. The molecule has 0 fully saturated rings. The maximum atomic E-state index is 12.5. The zero-order chi connectivity index (χ0) is 13.9. The van der Waals surface area contributed by atoms with Crippen molar-refractivity contribution in [3.63, 3.8) is 0 Å². The number of carbonyl (C=O) groups excluding carboxylic acids is 1. The van der Waals surface area contributed by atoms with Crippen molar-refractivity contribution in [1.82, 2.24) is 5.32 Å². The van der Waals surface area contributed by atoms with E-state index in [4.69, 9.17) is 0 Å². The molecular weight excluding hydrogens is 370 g/mol.